The molecular weight excluding hydrogens is 346 g/mol. The van der Waals surface area contributed by atoms with Crippen molar-refractivity contribution >= 4 is 17.6 Å². The highest BCUT2D eigenvalue weighted by molar-refractivity contribution is 5.75. The monoisotopic (exact) mass is 367 g/mol. The second-order valence-corrected chi connectivity index (χ2v) is 6.35. The van der Waals surface area contributed by atoms with Gasteiger partial charge in [-0.1, -0.05) is 0 Å². The van der Waals surface area contributed by atoms with Gasteiger partial charge in [-0.05, 0) is 12.1 Å². The zero-order valence-electron chi connectivity index (χ0n) is 15.0. The van der Waals surface area contributed by atoms with E-state index < -0.39 is 0 Å². The summed E-state index contributed by atoms with van der Waals surface area (Å²) < 4.78 is 10.9. The molecule has 0 aromatic carbocycles. The van der Waals surface area contributed by atoms with E-state index in [0.29, 0.717) is 81.4 Å². The summed E-state index contributed by atoms with van der Waals surface area (Å²) in [6, 6.07) is 5.84. The molecule has 0 radical (unpaired) electrons. The Hall–Kier alpha value is -2.96. The van der Waals surface area contributed by atoms with Crippen molar-refractivity contribution in [1.29, 1.82) is 5.26 Å². The summed E-state index contributed by atoms with van der Waals surface area (Å²) in [4.78, 5) is 17.8. The number of nitrogens with zero attached hydrogens (tertiary/aromatic N) is 6. The number of hydrogen-bond acceptors (Lipinski definition) is 9. The SMILES string of the molecule is N#Cc1c(-c2ccc(N)nc2)nc(N2CCOCC2)nc1N1CCOCC1. The minimum atomic E-state index is 0.424. The van der Waals surface area contributed by atoms with Gasteiger partial charge in [0.25, 0.3) is 0 Å². The lowest BCUT2D eigenvalue weighted by atomic mass is 10.1. The molecule has 4 rings (SSSR count). The Labute approximate surface area is 157 Å². The van der Waals surface area contributed by atoms with Gasteiger partial charge in [-0.3, -0.25) is 0 Å². The third-order valence-corrected chi connectivity index (χ3v) is 4.65. The van der Waals surface area contributed by atoms with Crippen LogP contribution in [0, 0.1) is 11.3 Å². The van der Waals surface area contributed by atoms with Gasteiger partial charge in [0.2, 0.25) is 5.95 Å². The van der Waals surface area contributed by atoms with Crippen molar-refractivity contribution in [2.24, 2.45) is 0 Å². The molecule has 0 unspecified atom stereocenters. The molecule has 2 aliphatic rings. The first-order valence-electron chi connectivity index (χ1n) is 8.95. The van der Waals surface area contributed by atoms with Crippen LogP contribution in [0.2, 0.25) is 0 Å². The lowest BCUT2D eigenvalue weighted by Crippen LogP contribution is -2.40. The normalized spacial score (nSPS) is 17.6. The molecule has 2 aliphatic heterocycles. The second-order valence-electron chi connectivity index (χ2n) is 6.35. The molecule has 0 bridgehead atoms. The maximum absolute atomic E-state index is 9.88. The number of morpholine rings is 2. The number of rotatable bonds is 3. The summed E-state index contributed by atoms with van der Waals surface area (Å²) in [5.41, 5.74) is 7.48. The number of nitrogen functional groups attached to an aromatic ring is 1. The van der Waals surface area contributed by atoms with E-state index in [1.165, 1.54) is 0 Å². The molecule has 0 spiro atoms. The summed E-state index contributed by atoms with van der Waals surface area (Å²) in [5.74, 6) is 1.67. The molecule has 4 heterocycles. The first-order valence-corrected chi connectivity index (χ1v) is 8.95. The molecule has 0 aliphatic carbocycles. The molecule has 0 atom stereocenters. The zero-order chi connectivity index (χ0) is 18.6. The number of hydrogen-bond donors (Lipinski definition) is 1. The molecule has 9 heteroatoms. The Bertz CT molecular complexity index is 838. The van der Waals surface area contributed by atoms with Crippen LogP contribution in [0.15, 0.2) is 18.3 Å². The highest BCUT2D eigenvalue weighted by Crippen LogP contribution is 2.31. The minimum Gasteiger partial charge on any atom is -0.384 e. The van der Waals surface area contributed by atoms with E-state index in [9.17, 15) is 5.26 Å². The smallest absolute Gasteiger partial charge is 0.228 e. The predicted molar refractivity (Wildman–Crippen MR) is 100 cm³/mol. The zero-order valence-corrected chi connectivity index (χ0v) is 15.0. The van der Waals surface area contributed by atoms with Crippen molar-refractivity contribution in [2.45, 2.75) is 0 Å². The Morgan fingerprint density at radius 1 is 0.963 bits per heavy atom. The first-order chi connectivity index (χ1) is 13.3. The average Bonchev–Trinajstić information content (AvgIpc) is 2.74. The van der Waals surface area contributed by atoms with E-state index in [0.717, 1.165) is 5.56 Å². The van der Waals surface area contributed by atoms with E-state index in [1.54, 1.807) is 12.3 Å². The summed E-state index contributed by atoms with van der Waals surface area (Å²) in [6.07, 6.45) is 1.64. The molecule has 140 valence electrons. The van der Waals surface area contributed by atoms with Crippen LogP contribution in [0.1, 0.15) is 5.56 Å². The van der Waals surface area contributed by atoms with E-state index in [-0.39, 0.29) is 0 Å². The minimum absolute atomic E-state index is 0.424. The van der Waals surface area contributed by atoms with Crippen LogP contribution in [0.5, 0.6) is 0 Å². The second kappa shape index (κ2) is 7.73. The van der Waals surface area contributed by atoms with Crippen molar-refractivity contribution in [3.63, 3.8) is 0 Å². The number of nitrogens with two attached hydrogens (primary N) is 1. The van der Waals surface area contributed by atoms with E-state index >= 15 is 0 Å². The van der Waals surface area contributed by atoms with Crippen LogP contribution >= 0.6 is 0 Å². The van der Waals surface area contributed by atoms with Gasteiger partial charge in [0.1, 0.15) is 17.5 Å². The van der Waals surface area contributed by atoms with E-state index in [1.807, 2.05) is 6.07 Å². The number of aromatic nitrogens is 3. The standard InChI is InChI=1S/C18H21N7O2/c19-11-14-16(13-1-2-15(20)21-12-13)22-18(25-5-9-27-10-6-25)23-17(14)24-3-7-26-8-4-24/h1-2,12H,3-10H2,(H2,20,21). The van der Waals surface area contributed by atoms with Crippen molar-refractivity contribution in [3.8, 4) is 17.3 Å². The van der Waals surface area contributed by atoms with Crippen molar-refractivity contribution < 1.29 is 9.47 Å². The lowest BCUT2D eigenvalue weighted by molar-refractivity contribution is 0.121. The van der Waals surface area contributed by atoms with Gasteiger partial charge in [0, 0.05) is 37.9 Å². The fourth-order valence-electron chi connectivity index (χ4n) is 3.20. The Kier molecular flexibility index (Phi) is 5.00. The summed E-state index contributed by atoms with van der Waals surface area (Å²) in [6.45, 7) is 5.30. The van der Waals surface area contributed by atoms with Crippen LogP contribution in [-0.4, -0.2) is 67.6 Å². The Balaban J connectivity index is 1.84. The Morgan fingerprint density at radius 2 is 1.63 bits per heavy atom. The number of anilines is 3. The number of nitriles is 1. The van der Waals surface area contributed by atoms with Crippen molar-refractivity contribution in [3.05, 3.63) is 23.9 Å². The molecule has 2 aromatic heterocycles. The van der Waals surface area contributed by atoms with E-state index in [4.69, 9.17) is 25.2 Å². The molecule has 27 heavy (non-hydrogen) atoms. The third-order valence-electron chi connectivity index (χ3n) is 4.65. The number of pyridine rings is 1. The maximum atomic E-state index is 9.88. The molecule has 9 nitrogen and oxygen atoms in total. The first kappa shape index (κ1) is 17.5. The van der Waals surface area contributed by atoms with Crippen LogP contribution < -0.4 is 15.5 Å². The molecule has 2 fully saturated rings. The molecule has 0 amide bonds. The maximum Gasteiger partial charge on any atom is 0.228 e. The molecule has 2 N–H and O–H groups in total. The predicted octanol–water partition coefficient (Wildman–Crippen LogP) is 0.666. The average molecular weight is 367 g/mol. The molecule has 0 saturated carbocycles. The fraction of sp³-hybridized carbons (Fsp3) is 0.444. The Morgan fingerprint density at radius 3 is 2.22 bits per heavy atom. The van der Waals surface area contributed by atoms with Crippen molar-refractivity contribution in [2.75, 3.05) is 68.1 Å². The number of ether oxygens (including phenoxy) is 2. The van der Waals surface area contributed by atoms with Crippen molar-refractivity contribution in [1.82, 2.24) is 15.0 Å². The van der Waals surface area contributed by atoms with Crippen LogP contribution in [0.3, 0.4) is 0 Å². The van der Waals surface area contributed by atoms with Crippen LogP contribution in [0.4, 0.5) is 17.6 Å². The highest BCUT2D eigenvalue weighted by Gasteiger charge is 2.25. The van der Waals surface area contributed by atoms with Gasteiger partial charge in [0.05, 0.1) is 32.1 Å². The van der Waals surface area contributed by atoms with Gasteiger partial charge >= 0.3 is 0 Å². The topological polar surface area (TPSA) is 113 Å². The van der Waals surface area contributed by atoms with Gasteiger partial charge in [-0.25, -0.2) is 9.97 Å². The molecule has 2 saturated heterocycles. The van der Waals surface area contributed by atoms with Gasteiger partial charge in [-0.2, -0.15) is 10.2 Å². The largest absolute Gasteiger partial charge is 0.384 e. The third kappa shape index (κ3) is 3.63. The van der Waals surface area contributed by atoms with Gasteiger partial charge in [-0.15, -0.1) is 0 Å². The van der Waals surface area contributed by atoms with Crippen LogP contribution in [0.25, 0.3) is 11.3 Å². The van der Waals surface area contributed by atoms with Gasteiger partial charge < -0.3 is 25.0 Å². The summed E-state index contributed by atoms with van der Waals surface area (Å²) in [5, 5.41) is 9.88. The molecule has 2 aromatic rings. The molecular formula is C18H21N7O2. The highest BCUT2D eigenvalue weighted by atomic mass is 16.5. The lowest BCUT2D eigenvalue weighted by Gasteiger charge is -2.31. The van der Waals surface area contributed by atoms with Crippen LogP contribution in [-0.2, 0) is 9.47 Å². The fourth-order valence-corrected chi connectivity index (χ4v) is 3.20. The summed E-state index contributed by atoms with van der Waals surface area (Å²) >= 11 is 0. The van der Waals surface area contributed by atoms with E-state index in [2.05, 4.69) is 20.9 Å². The van der Waals surface area contributed by atoms with Gasteiger partial charge in [0.15, 0.2) is 5.82 Å². The summed E-state index contributed by atoms with van der Waals surface area (Å²) in [7, 11) is 0. The quantitative estimate of drug-likeness (QED) is 0.836.